The van der Waals surface area contributed by atoms with Crippen molar-refractivity contribution in [2.75, 3.05) is 24.6 Å². The summed E-state index contributed by atoms with van der Waals surface area (Å²) in [4.78, 5) is 11.4. The van der Waals surface area contributed by atoms with E-state index in [4.69, 9.17) is 6.42 Å². The molecule has 0 aromatic rings. The number of terminal acetylenes is 1. The van der Waals surface area contributed by atoms with Crippen molar-refractivity contribution in [2.24, 2.45) is 0 Å². The Bertz CT molecular complexity index is 235. The van der Waals surface area contributed by atoms with Gasteiger partial charge >= 0.3 is 0 Å². The minimum atomic E-state index is -0.170. The first-order valence-electron chi connectivity index (χ1n) is 4.85. The molecule has 15 heavy (non-hydrogen) atoms. The summed E-state index contributed by atoms with van der Waals surface area (Å²) in [6.07, 6.45) is 6.77. The van der Waals surface area contributed by atoms with E-state index in [2.05, 4.69) is 23.1 Å². The molecule has 0 aromatic heterocycles. The Labute approximate surface area is 96.1 Å². The van der Waals surface area contributed by atoms with E-state index in [1.54, 1.807) is 17.8 Å². The highest BCUT2D eigenvalue weighted by molar-refractivity contribution is 7.99. The van der Waals surface area contributed by atoms with Crippen LogP contribution in [0.1, 0.15) is 6.92 Å². The summed E-state index contributed by atoms with van der Waals surface area (Å²) in [6, 6.07) is -0.170. The van der Waals surface area contributed by atoms with Crippen molar-refractivity contribution in [3.05, 3.63) is 12.7 Å². The van der Waals surface area contributed by atoms with Gasteiger partial charge in [-0.15, -0.1) is 24.8 Å². The van der Waals surface area contributed by atoms with Crippen LogP contribution in [0.5, 0.6) is 0 Å². The summed E-state index contributed by atoms with van der Waals surface area (Å²) in [6.45, 7) is 6.67. The third-order valence-corrected chi connectivity index (χ3v) is 2.56. The summed E-state index contributed by atoms with van der Waals surface area (Å²) in [5, 5.41) is 5.84. The highest BCUT2D eigenvalue weighted by Gasteiger charge is 2.09. The molecule has 1 unspecified atom stereocenters. The van der Waals surface area contributed by atoms with Gasteiger partial charge in [0.15, 0.2) is 0 Å². The van der Waals surface area contributed by atoms with Gasteiger partial charge in [-0.3, -0.25) is 4.79 Å². The quantitative estimate of drug-likeness (QED) is 0.362. The van der Waals surface area contributed by atoms with Gasteiger partial charge in [-0.05, 0) is 6.92 Å². The minimum absolute atomic E-state index is 0.00292. The van der Waals surface area contributed by atoms with E-state index in [0.29, 0.717) is 6.54 Å². The van der Waals surface area contributed by atoms with E-state index < -0.39 is 0 Å². The number of hydrogen-bond donors (Lipinski definition) is 2. The molecule has 2 N–H and O–H groups in total. The Morgan fingerprint density at radius 3 is 3.07 bits per heavy atom. The lowest BCUT2D eigenvalue weighted by Gasteiger charge is -2.12. The summed E-state index contributed by atoms with van der Waals surface area (Å²) in [5.74, 6) is 4.19. The maximum atomic E-state index is 11.4. The van der Waals surface area contributed by atoms with Crippen LogP contribution in [0.2, 0.25) is 0 Å². The van der Waals surface area contributed by atoms with Crippen LogP contribution in [-0.2, 0) is 4.79 Å². The third kappa shape index (κ3) is 8.10. The van der Waals surface area contributed by atoms with Gasteiger partial charge in [0.2, 0.25) is 5.91 Å². The lowest BCUT2D eigenvalue weighted by molar-refractivity contribution is -0.122. The SMILES string of the molecule is C#CCSCCNC(C)C(=O)NCC=C. The summed E-state index contributed by atoms with van der Waals surface area (Å²) >= 11 is 1.68. The second-order valence-corrected chi connectivity index (χ2v) is 4.07. The Morgan fingerprint density at radius 1 is 1.73 bits per heavy atom. The molecule has 84 valence electrons. The molecule has 0 spiro atoms. The smallest absolute Gasteiger partial charge is 0.237 e. The average Bonchev–Trinajstić information content (AvgIpc) is 2.25. The molecule has 0 saturated heterocycles. The van der Waals surface area contributed by atoms with Crippen LogP contribution in [0.25, 0.3) is 0 Å². The molecule has 0 radical (unpaired) electrons. The molecule has 4 heteroatoms. The number of carbonyl (C=O) groups excluding carboxylic acids is 1. The number of carbonyl (C=O) groups is 1. The van der Waals surface area contributed by atoms with Crippen LogP contribution in [0.4, 0.5) is 0 Å². The normalized spacial score (nSPS) is 11.5. The van der Waals surface area contributed by atoms with Gasteiger partial charge < -0.3 is 10.6 Å². The molecule has 0 aliphatic rings. The van der Waals surface area contributed by atoms with E-state index in [1.165, 1.54) is 0 Å². The first kappa shape index (κ1) is 14.1. The molecular weight excluding hydrogens is 208 g/mol. The van der Waals surface area contributed by atoms with Crippen molar-refractivity contribution in [1.82, 2.24) is 10.6 Å². The van der Waals surface area contributed by atoms with E-state index in [1.807, 2.05) is 6.92 Å². The van der Waals surface area contributed by atoms with Crippen molar-refractivity contribution < 1.29 is 4.79 Å². The zero-order valence-corrected chi connectivity index (χ0v) is 9.90. The highest BCUT2D eigenvalue weighted by Crippen LogP contribution is 1.95. The fraction of sp³-hybridized carbons (Fsp3) is 0.545. The molecule has 1 amide bonds. The van der Waals surface area contributed by atoms with Crippen LogP contribution in [-0.4, -0.2) is 36.5 Å². The molecule has 3 nitrogen and oxygen atoms in total. The Hall–Kier alpha value is -0.920. The lowest BCUT2D eigenvalue weighted by Crippen LogP contribution is -2.42. The predicted molar refractivity (Wildman–Crippen MR) is 66.8 cm³/mol. The number of amides is 1. The second-order valence-electron chi connectivity index (χ2n) is 2.97. The molecular formula is C11H18N2OS. The van der Waals surface area contributed by atoms with E-state index in [-0.39, 0.29) is 11.9 Å². The predicted octanol–water partition coefficient (Wildman–Crippen LogP) is 0.633. The largest absolute Gasteiger partial charge is 0.351 e. The van der Waals surface area contributed by atoms with E-state index in [0.717, 1.165) is 18.1 Å². The fourth-order valence-corrected chi connectivity index (χ4v) is 1.42. The molecule has 0 aliphatic carbocycles. The maximum Gasteiger partial charge on any atom is 0.237 e. The average molecular weight is 226 g/mol. The molecule has 0 saturated carbocycles. The van der Waals surface area contributed by atoms with Gasteiger partial charge in [-0.1, -0.05) is 12.0 Å². The summed E-state index contributed by atoms with van der Waals surface area (Å²) in [5.41, 5.74) is 0. The van der Waals surface area contributed by atoms with Gasteiger partial charge in [0, 0.05) is 18.8 Å². The number of rotatable bonds is 8. The van der Waals surface area contributed by atoms with Crippen LogP contribution in [0.3, 0.4) is 0 Å². The number of nitrogens with one attached hydrogen (secondary N) is 2. The second kappa shape index (κ2) is 9.63. The third-order valence-electron chi connectivity index (χ3n) is 1.70. The first-order chi connectivity index (χ1) is 7.22. The zero-order chi connectivity index (χ0) is 11.5. The van der Waals surface area contributed by atoms with Crippen molar-refractivity contribution in [2.45, 2.75) is 13.0 Å². The fourth-order valence-electron chi connectivity index (χ4n) is 0.897. The molecule has 0 fully saturated rings. The standard InChI is InChI=1S/C11H18N2OS/c1-4-6-13-11(14)10(3)12-7-9-15-8-5-2/h2,4,10,12H,1,6-9H2,3H3,(H,13,14). The Kier molecular flexibility index (Phi) is 9.04. The van der Waals surface area contributed by atoms with Crippen molar-refractivity contribution in [1.29, 1.82) is 0 Å². The lowest BCUT2D eigenvalue weighted by atomic mass is 10.3. The number of thioether (sulfide) groups is 1. The topological polar surface area (TPSA) is 41.1 Å². The highest BCUT2D eigenvalue weighted by atomic mass is 32.2. The Morgan fingerprint density at radius 2 is 2.47 bits per heavy atom. The van der Waals surface area contributed by atoms with Gasteiger partial charge in [0.25, 0.3) is 0 Å². The van der Waals surface area contributed by atoms with Crippen LogP contribution in [0.15, 0.2) is 12.7 Å². The monoisotopic (exact) mass is 226 g/mol. The molecule has 0 rings (SSSR count). The van der Waals surface area contributed by atoms with E-state index in [9.17, 15) is 4.79 Å². The number of hydrogen-bond acceptors (Lipinski definition) is 3. The van der Waals surface area contributed by atoms with Gasteiger partial charge in [-0.2, -0.15) is 0 Å². The van der Waals surface area contributed by atoms with Gasteiger partial charge in [0.05, 0.1) is 11.8 Å². The minimum Gasteiger partial charge on any atom is -0.351 e. The van der Waals surface area contributed by atoms with Crippen LogP contribution < -0.4 is 10.6 Å². The van der Waals surface area contributed by atoms with Crippen LogP contribution in [0, 0.1) is 12.3 Å². The van der Waals surface area contributed by atoms with Crippen LogP contribution >= 0.6 is 11.8 Å². The van der Waals surface area contributed by atoms with Gasteiger partial charge in [0.1, 0.15) is 0 Å². The van der Waals surface area contributed by atoms with Crippen molar-refractivity contribution in [3.8, 4) is 12.3 Å². The van der Waals surface area contributed by atoms with Crippen molar-refractivity contribution >= 4 is 17.7 Å². The molecule has 0 aromatic carbocycles. The molecule has 0 aliphatic heterocycles. The zero-order valence-electron chi connectivity index (χ0n) is 9.08. The maximum absolute atomic E-state index is 11.4. The molecule has 1 atom stereocenters. The summed E-state index contributed by atoms with van der Waals surface area (Å²) < 4.78 is 0. The van der Waals surface area contributed by atoms with Gasteiger partial charge in [-0.25, -0.2) is 0 Å². The Balaban J connectivity index is 3.47. The molecule has 0 heterocycles. The van der Waals surface area contributed by atoms with E-state index >= 15 is 0 Å². The summed E-state index contributed by atoms with van der Waals surface area (Å²) in [7, 11) is 0. The molecule has 0 bridgehead atoms. The van der Waals surface area contributed by atoms with Crippen molar-refractivity contribution in [3.63, 3.8) is 0 Å². The first-order valence-corrected chi connectivity index (χ1v) is 6.01.